The highest BCUT2D eigenvalue weighted by Gasteiger charge is 2.37. The van der Waals surface area contributed by atoms with E-state index in [2.05, 4.69) is 10.3 Å². The predicted octanol–water partition coefficient (Wildman–Crippen LogP) is 7.33. The second-order valence-corrected chi connectivity index (χ2v) is 16.6. The third kappa shape index (κ3) is 6.62. The van der Waals surface area contributed by atoms with Crippen molar-refractivity contribution in [1.29, 1.82) is 0 Å². The molecule has 0 amide bonds. The van der Waals surface area contributed by atoms with Crippen molar-refractivity contribution < 1.29 is 27.8 Å². The van der Waals surface area contributed by atoms with Crippen LogP contribution in [0.1, 0.15) is 104 Å². The van der Waals surface area contributed by atoms with Gasteiger partial charge in [0.25, 0.3) is 0 Å². The summed E-state index contributed by atoms with van der Waals surface area (Å²) < 4.78 is 43.9. The zero-order valence-electron chi connectivity index (χ0n) is 29.5. The Balaban J connectivity index is 1.20. The summed E-state index contributed by atoms with van der Waals surface area (Å²) in [5, 5.41) is 18.3. The summed E-state index contributed by atoms with van der Waals surface area (Å²) in [5.41, 5.74) is 5.76. The molecule has 266 valence electrons. The van der Waals surface area contributed by atoms with E-state index in [0.29, 0.717) is 28.9 Å². The van der Waals surface area contributed by atoms with E-state index in [-0.39, 0.29) is 30.5 Å². The Bertz CT molecular complexity index is 2000. The second kappa shape index (κ2) is 14.0. The molecule has 2 fully saturated rings. The first-order valence-electron chi connectivity index (χ1n) is 18.0. The van der Waals surface area contributed by atoms with Gasteiger partial charge >= 0.3 is 5.97 Å². The van der Waals surface area contributed by atoms with E-state index in [1.165, 1.54) is 54.8 Å². The maximum atomic E-state index is 14.4. The molecule has 50 heavy (non-hydrogen) atoms. The molecule has 7 rings (SSSR count). The Morgan fingerprint density at radius 1 is 1.02 bits per heavy atom. The first kappa shape index (κ1) is 34.5. The fourth-order valence-corrected chi connectivity index (χ4v) is 10.5. The minimum Gasteiger partial charge on any atom is -0.494 e. The average molecular weight is 701 g/mol. The molecule has 4 atom stereocenters. The van der Waals surface area contributed by atoms with Gasteiger partial charge in [-0.3, -0.25) is 4.79 Å². The van der Waals surface area contributed by atoms with Crippen LogP contribution in [-0.4, -0.2) is 58.6 Å². The number of sulfonamides is 1. The van der Waals surface area contributed by atoms with Gasteiger partial charge in [0.1, 0.15) is 33.5 Å². The first-order chi connectivity index (χ1) is 24.0. The van der Waals surface area contributed by atoms with Crippen molar-refractivity contribution in [2.45, 2.75) is 101 Å². The summed E-state index contributed by atoms with van der Waals surface area (Å²) in [6.07, 6.45) is 9.64. The van der Waals surface area contributed by atoms with Crippen molar-refractivity contribution >= 4 is 27.0 Å². The molecule has 0 spiro atoms. The van der Waals surface area contributed by atoms with Crippen LogP contribution in [0.2, 0.25) is 0 Å². The van der Waals surface area contributed by atoms with Crippen LogP contribution < -0.4 is 9.47 Å². The van der Waals surface area contributed by atoms with Crippen molar-refractivity contribution in [2.75, 3.05) is 13.7 Å². The summed E-state index contributed by atoms with van der Waals surface area (Å²) in [4.78, 5) is 12.4. The zero-order valence-corrected chi connectivity index (χ0v) is 30.3. The normalized spacial score (nSPS) is 23.2. The predicted molar refractivity (Wildman–Crippen MR) is 191 cm³/mol. The summed E-state index contributed by atoms with van der Waals surface area (Å²) >= 11 is 0. The first-order valence-corrected chi connectivity index (χ1v) is 19.5. The summed E-state index contributed by atoms with van der Waals surface area (Å²) in [7, 11) is -0.554. The summed E-state index contributed by atoms with van der Waals surface area (Å²) in [6, 6.07) is 15.3. The number of carboxylic acids is 1. The number of methoxy groups -OCH3 is 1. The molecule has 0 saturated heterocycles. The minimum absolute atomic E-state index is 0.135. The van der Waals surface area contributed by atoms with Gasteiger partial charge in [-0.25, -0.2) is 13.1 Å². The molecule has 10 nitrogen and oxygen atoms in total. The maximum absolute atomic E-state index is 14.4. The van der Waals surface area contributed by atoms with Gasteiger partial charge in [0, 0.05) is 19.5 Å². The highest BCUT2D eigenvalue weighted by molar-refractivity contribution is 7.89. The number of aryl methyl sites for hydroxylation is 2. The van der Waals surface area contributed by atoms with Crippen molar-refractivity contribution in [3.63, 3.8) is 0 Å². The maximum Gasteiger partial charge on any atom is 0.304 e. The van der Waals surface area contributed by atoms with E-state index in [9.17, 15) is 18.3 Å². The molecule has 1 aliphatic heterocycles. The lowest BCUT2D eigenvalue weighted by atomic mass is 9.69. The standard InChI is InChI=1S/C39H48N4O6S/c1-24-13-14-27(33(21-38(44)45)29-18-34-39(36(20-29)48-4)42(3)41-40-34)17-30(24)23-43-22-25(2)49-35-19-28(15-16-37(35)50(43,46)47)32-12-8-7-11-31(32)26-9-5-6-10-26/h13-20,25-26,31-33H,5-12,21-23H2,1-4H3,(H,44,45). The lowest BCUT2D eigenvalue weighted by Gasteiger charge is -2.36. The molecule has 2 aliphatic carbocycles. The van der Waals surface area contributed by atoms with Crippen molar-refractivity contribution in [3.8, 4) is 11.5 Å². The number of ether oxygens (including phenoxy) is 2. The van der Waals surface area contributed by atoms with Crippen LogP contribution in [0.4, 0.5) is 0 Å². The van der Waals surface area contributed by atoms with E-state index in [0.717, 1.165) is 40.1 Å². The van der Waals surface area contributed by atoms with E-state index in [4.69, 9.17) is 9.47 Å². The Morgan fingerprint density at radius 2 is 1.78 bits per heavy atom. The Kier molecular flexibility index (Phi) is 9.64. The third-order valence-electron chi connectivity index (χ3n) is 11.4. The molecule has 11 heteroatoms. The van der Waals surface area contributed by atoms with E-state index >= 15 is 0 Å². The lowest BCUT2D eigenvalue weighted by molar-refractivity contribution is -0.137. The number of carboxylic acid groups (broad SMARTS) is 1. The molecule has 3 aromatic carbocycles. The summed E-state index contributed by atoms with van der Waals surface area (Å²) in [6.45, 7) is 4.21. The van der Waals surface area contributed by atoms with Gasteiger partial charge in [-0.15, -0.1) is 5.10 Å². The number of rotatable bonds is 9. The molecule has 0 radical (unpaired) electrons. The van der Waals surface area contributed by atoms with Crippen molar-refractivity contribution in [1.82, 2.24) is 19.3 Å². The van der Waals surface area contributed by atoms with Crippen LogP contribution in [0.3, 0.4) is 0 Å². The smallest absolute Gasteiger partial charge is 0.304 e. The zero-order chi connectivity index (χ0) is 35.2. The van der Waals surface area contributed by atoms with Gasteiger partial charge in [0.2, 0.25) is 10.0 Å². The fourth-order valence-electron chi connectivity index (χ4n) is 8.91. The van der Waals surface area contributed by atoms with Crippen LogP contribution in [0, 0.1) is 18.8 Å². The van der Waals surface area contributed by atoms with Gasteiger partial charge in [-0.1, -0.05) is 68.0 Å². The van der Waals surface area contributed by atoms with Gasteiger partial charge in [0.05, 0.1) is 20.1 Å². The monoisotopic (exact) mass is 700 g/mol. The van der Waals surface area contributed by atoms with Crippen LogP contribution in [0.25, 0.3) is 11.0 Å². The number of hydrogen-bond donors (Lipinski definition) is 1. The number of aromatic nitrogens is 3. The third-order valence-corrected chi connectivity index (χ3v) is 13.3. The highest BCUT2D eigenvalue weighted by Crippen LogP contribution is 2.48. The van der Waals surface area contributed by atoms with Crippen LogP contribution in [-0.2, 0) is 28.4 Å². The van der Waals surface area contributed by atoms with E-state index < -0.39 is 21.9 Å². The Labute approximate surface area is 294 Å². The largest absolute Gasteiger partial charge is 0.494 e. The van der Waals surface area contributed by atoms with Crippen LogP contribution >= 0.6 is 0 Å². The van der Waals surface area contributed by atoms with Gasteiger partial charge < -0.3 is 14.6 Å². The fraction of sp³-hybridized carbons (Fsp3) is 0.513. The van der Waals surface area contributed by atoms with Gasteiger partial charge in [-0.05, 0) is 96.5 Å². The van der Waals surface area contributed by atoms with E-state index in [1.807, 2.05) is 56.3 Å². The number of hydrogen-bond acceptors (Lipinski definition) is 7. The van der Waals surface area contributed by atoms with Crippen LogP contribution in [0.5, 0.6) is 11.5 Å². The van der Waals surface area contributed by atoms with Crippen molar-refractivity contribution in [3.05, 3.63) is 76.3 Å². The van der Waals surface area contributed by atoms with Gasteiger partial charge in [0.15, 0.2) is 0 Å². The minimum atomic E-state index is -3.90. The molecular weight excluding hydrogens is 653 g/mol. The number of aliphatic carboxylic acids is 1. The highest BCUT2D eigenvalue weighted by atomic mass is 32.2. The Hall–Kier alpha value is -3.96. The number of fused-ring (bicyclic) bond motifs is 2. The molecular formula is C39H48N4O6S. The van der Waals surface area contributed by atoms with E-state index in [1.54, 1.807) is 24.9 Å². The molecule has 3 aliphatic rings. The number of nitrogens with zero attached hydrogens (tertiary/aromatic N) is 4. The molecule has 2 heterocycles. The average Bonchev–Trinajstić information content (AvgIpc) is 3.76. The molecule has 2 saturated carbocycles. The van der Waals surface area contributed by atoms with Gasteiger partial charge in [-0.2, -0.15) is 4.31 Å². The number of benzene rings is 3. The summed E-state index contributed by atoms with van der Waals surface area (Å²) in [5.74, 6) is 1.40. The lowest BCUT2D eigenvalue weighted by Crippen LogP contribution is -2.35. The topological polar surface area (TPSA) is 124 Å². The van der Waals surface area contributed by atoms with Crippen molar-refractivity contribution in [2.24, 2.45) is 18.9 Å². The SMILES string of the molecule is COc1cc(C(CC(=O)O)c2ccc(C)c(CN3CC(C)Oc4cc(C5CCCCC5C5CCCC5)ccc4S3(=O)=O)c2)cc2nnn(C)c12. The van der Waals surface area contributed by atoms with Crippen LogP contribution in [0.15, 0.2) is 53.4 Å². The quantitative estimate of drug-likeness (QED) is 0.193. The molecule has 4 unspecified atom stereocenters. The second-order valence-electron chi connectivity index (χ2n) is 14.7. The Morgan fingerprint density at radius 3 is 2.54 bits per heavy atom. The number of carbonyl (C=O) groups is 1. The molecule has 1 aromatic heterocycles. The molecule has 1 N–H and O–H groups in total. The molecule has 4 aromatic rings. The molecule has 0 bridgehead atoms.